The lowest BCUT2D eigenvalue weighted by Gasteiger charge is -2.17. The second kappa shape index (κ2) is 6.34. The molecule has 0 saturated heterocycles. The van der Waals surface area contributed by atoms with E-state index < -0.39 is 5.82 Å². The highest BCUT2D eigenvalue weighted by atomic mass is 19.1. The van der Waals surface area contributed by atoms with Crippen LogP contribution < -0.4 is 5.32 Å². The topological polar surface area (TPSA) is 32.3 Å². The number of halogens is 1. The maximum Gasteiger partial charge on any atom is 0.165 e. The van der Waals surface area contributed by atoms with E-state index >= 15 is 0 Å². The second-order valence-corrected chi connectivity index (χ2v) is 4.54. The minimum atomic E-state index is -0.577. The Bertz CT molecular complexity index is 528. The summed E-state index contributed by atoms with van der Waals surface area (Å²) in [6.45, 7) is 2.69. The van der Waals surface area contributed by atoms with Crippen molar-refractivity contribution >= 4 is 0 Å². The Morgan fingerprint density at radius 1 is 1.16 bits per heavy atom. The molecule has 0 radical (unpaired) electrons. The molecule has 19 heavy (non-hydrogen) atoms. The van der Waals surface area contributed by atoms with Gasteiger partial charge in [0.2, 0.25) is 0 Å². The van der Waals surface area contributed by atoms with Gasteiger partial charge in [-0.3, -0.25) is 0 Å². The fourth-order valence-electron chi connectivity index (χ4n) is 2.08. The summed E-state index contributed by atoms with van der Waals surface area (Å²) in [7, 11) is 0. The molecule has 0 bridgehead atoms. The molecule has 0 heterocycles. The van der Waals surface area contributed by atoms with E-state index in [1.54, 1.807) is 6.07 Å². The SMILES string of the molecule is CCC(NCc1ccc(O)c(F)c1)c1ccccc1. The van der Waals surface area contributed by atoms with Gasteiger partial charge < -0.3 is 10.4 Å². The zero-order chi connectivity index (χ0) is 13.7. The maximum atomic E-state index is 13.2. The maximum absolute atomic E-state index is 13.2. The van der Waals surface area contributed by atoms with Gasteiger partial charge in [-0.25, -0.2) is 4.39 Å². The van der Waals surface area contributed by atoms with Gasteiger partial charge in [-0.15, -0.1) is 0 Å². The lowest BCUT2D eigenvalue weighted by atomic mass is 10.0. The predicted octanol–water partition coefficient (Wildman–Crippen LogP) is 3.77. The Morgan fingerprint density at radius 2 is 1.89 bits per heavy atom. The van der Waals surface area contributed by atoms with Gasteiger partial charge in [-0.05, 0) is 29.7 Å². The van der Waals surface area contributed by atoms with Crippen molar-refractivity contribution < 1.29 is 9.50 Å². The molecule has 0 aromatic heterocycles. The van der Waals surface area contributed by atoms with Gasteiger partial charge in [0, 0.05) is 12.6 Å². The number of nitrogens with one attached hydrogen (secondary N) is 1. The van der Waals surface area contributed by atoms with E-state index in [1.807, 2.05) is 18.2 Å². The number of phenolic OH excluding ortho intramolecular Hbond substituents is 1. The lowest BCUT2D eigenvalue weighted by molar-refractivity contribution is 0.431. The van der Waals surface area contributed by atoms with Crippen LogP contribution >= 0.6 is 0 Å². The highest BCUT2D eigenvalue weighted by Crippen LogP contribution is 2.19. The van der Waals surface area contributed by atoms with Crippen LogP contribution in [0.1, 0.15) is 30.5 Å². The van der Waals surface area contributed by atoms with Crippen LogP contribution in [0.25, 0.3) is 0 Å². The number of rotatable bonds is 5. The molecule has 1 atom stereocenters. The summed E-state index contributed by atoms with van der Waals surface area (Å²) in [5.41, 5.74) is 2.05. The third kappa shape index (κ3) is 3.55. The quantitative estimate of drug-likeness (QED) is 0.856. The average molecular weight is 259 g/mol. The second-order valence-electron chi connectivity index (χ2n) is 4.54. The third-order valence-electron chi connectivity index (χ3n) is 3.17. The summed E-state index contributed by atoms with van der Waals surface area (Å²) in [5, 5.41) is 12.6. The first-order chi connectivity index (χ1) is 9.20. The lowest BCUT2D eigenvalue weighted by Crippen LogP contribution is -2.20. The number of hydrogen-bond acceptors (Lipinski definition) is 2. The molecule has 2 nitrogen and oxygen atoms in total. The number of benzene rings is 2. The van der Waals surface area contributed by atoms with Gasteiger partial charge in [0.25, 0.3) is 0 Å². The molecule has 0 amide bonds. The third-order valence-corrected chi connectivity index (χ3v) is 3.17. The predicted molar refractivity (Wildman–Crippen MR) is 74.4 cm³/mol. The monoisotopic (exact) mass is 259 g/mol. The summed E-state index contributed by atoms with van der Waals surface area (Å²) in [6.07, 6.45) is 0.963. The fraction of sp³-hybridized carbons (Fsp3) is 0.250. The Labute approximate surface area is 112 Å². The van der Waals surface area contributed by atoms with Crippen LogP contribution in [0.2, 0.25) is 0 Å². The molecule has 0 aliphatic heterocycles. The summed E-state index contributed by atoms with van der Waals surface area (Å²) in [4.78, 5) is 0. The van der Waals surface area contributed by atoms with E-state index in [0.29, 0.717) is 6.54 Å². The van der Waals surface area contributed by atoms with Gasteiger partial charge in [-0.1, -0.05) is 43.3 Å². The van der Waals surface area contributed by atoms with Crippen molar-refractivity contribution in [3.63, 3.8) is 0 Å². The Balaban J connectivity index is 2.02. The Hall–Kier alpha value is -1.87. The van der Waals surface area contributed by atoms with Crippen molar-refractivity contribution in [2.75, 3.05) is 0 Å². The first-order valence-electron chi connectivity index (χ1n) is 6.46. The van der Waals surface area contributed by atoms with Gasteiger partial charge in [0.15, 0.2) is 11.6 Å². The smallest absolute Gasteiger partial charge is 0.165 e. The van der Waals surface area contributed by atoms with Crippen molar-refractivity contribution in [2.24, 2.45) is 0 Å². The molecule has 3 heteroatoms. The molecular weight excluding hydrogens is 241 g/mol. The molecular formula is C16H18FNO. The van der Waals surface area contributed by atoms with E-state index in [9.17, 15) is 4.39 Å². The Kier molecular flexibility index (Phi) is 4.53. The molecule has 0 saturated carbocycles. The van der Waals surface area contributed by atoms with Crippen molar-refractivity contribution in [3.05, 3.63) is 65.5 Å². The molecule has 2 N–H and O–H groups in total. The molecule has 100 valence electrons. The molecule has 2 aromatic rings. The van der Waals surface area contributed by atoms with E-state index in [4.69, 9.17) is 5.11 Å². The van der Waals surface area contributed by atoms with Crippen LogP contribution in [0.15, 0.2) is 48.5 Å². The van der Waals surface area contributed by atoms with E-state index in [-0.39, 0.29) is 11.8 Å². The molecule has 2 rings (SSSR count). The average Bonchev–Trinajstić information content (AvgIpc) is 2.44. The largest absolute Gasteiger partial charge is 0.505 e. The van der Waals surface area contributed by atoms with Crippen LogP contribution in [0, 0.1) is 5.82 Å². The summed E-state index contributed by atoms with van der Waals surface area (Å²) < 4.78 is 13.2. The number of phenols is 1. The van der Waals surface area contributed by atoms with E-state index in [1.165, 1.54) is 17.7 Å². The minimum Gasteiger partial charge on any atom is -0.505 e. The van der Waals surface area contributed by atoms with E-state index in [2.05, 4.69) is 24.4 Å². The number of aromatic hydroxyl groups is 1. The standard InChI is InChI=1S/C16H18FNO/c1-2-15(13-6-4-3-5-7-13)18-11-12-8-9-16(19)14(17)10-12/h3-10,15,18-19H,2,11H2,1H3. The van der Waals surface area contributed by atoms with Gasteiger partial charge in [0.05, 0.1) is 0 Å². The van der Waals surface area contributed by atoms with Crippen LogP contribution in [-0.4, -0.2) is 5.11 Å². The molecule has 0 aliphatic carbocycles. The zero-order valence-electron chi connectivity index (χ0n) is 10.9. The van der Waals surface area contributed by atoms with E-state index in [0.717, 1.165) is 12.0 Å². The van der Waals surface area contributed by atoms with Crippen molar-refractivity contribution in [3.8, 4) is 5.75 Å². The van der Waals surface area contributed by atoms with Gasteiger partial charge in [0.1, 0.15) is 0 Å². The molecule has 0 spiro atoms. The van der Waals surface area contributed by atoms with Crippen LogP contribution in [-0.2, 0) is 6.54 Å². The summed E-state index contributed by atoms with van der Waals surface area (Å²) >= 11 is 0. The molecule has 1 unspecified atom stereocenters. The molecule has 2 aromatic carbocycles. The highest BCUT2D eigenvalue weighted by molar-refractivity contribution is 5.28. The van der Waals surface area contributed by atoms with Gasteiger partial charge >= 0.3 is 0 Å². The Morgan fingerprint density at radius 3 is 2.53 bits per heavy atom. The first kappa shape index (κ1) is 13.6. The van der Waals surface area contributed by atoms with Crippen LogP contribution in [0.3, 0.4) is 0 Å². The summed E-state index contributed by atoms with van der Waals surface area (Å²) in [5.74, 6) is -0.883. The first-order valence-corrected chi connectivity index (χ1v) is 6.46. The number of hydrogen-bond donors (Lipinski definition) is 2. The van der Waals surface area contributed by atoms with Crippen molar-refractivity contribution in [1.82, 2.24) is 5.32 Å². The molecule has 0 aliphatic rings. The van der Waals surface area contributed by atoms with Crippen LogP contribution in [0.5, 0.6) is 5.75 Å². The molecule has 0 fully saturated rings. The summed E-state index contributed by atoms with van der Waals surface area (Å²) in [6, 6.07) is 14.9. The fourth-order valence-corrected chi connectivity index (χ4v) is 2.08. The minimum absolute atomic E-state index is 0.248. The van der Waals surface area contributed by atoms with Crippen LogP contribution in [0.4, 0.5) is 4.39 Å². The highest BCUT2D eigenvalue weighted by Gasteiger charge is 2.08. The normalized spacial score (nSPS) is 12.3. The van der Waals surface area contributed by atoms with Gasteiger partial charge in [-0.2, -0.15) is 0 Å². The van der Waals surface area contributed by atoms with Crippen molar-refractivity contribution in [1.29, 1.82) is 0 Å². The van der Waals surface area contributed by atoms with Crippen molar-refractivity contribution in [2.45, 2.75) is 25.9 Å². The zero-order valence-corrected chi connectivity index (χ0v) is 10.9.